The lowest BCUT2D eigenvalue weighted by Crippen LogP contribution is -2.09. The molecule has 0 spiro atoms. The Morgan fingerprint density at radius 1 is 1.35 bits per heavy atom. The van der Waals surface area contributed by atoms with Crippen LogP contribution in [-0.4, -0.2) is 14.7 Å². The lowest BCUT2D eigenvalue weighted by atomic mass is 10.1. The van der Waals surface area contributed by atoms with Crippen LogP contribution in [0.1, 0.15) is 23.1 Å². The van der Waals surface area contributed by atoms with Crippen molar-refractivity contribution >= 4 is 18.6 Å². The molecule has 2 aromatic rings. The highest BCUT2D eigenvalue weighted by atomic mass is 35.5. The highest BCUT2D eigenvalue weighted by Gasteiger charge is 2.31. The van der Waals surface area contributed by atoms with Gasteiger partial charge >= 0.3 is 6.18 Å². The van der Waals surface area contributed by atoms with E-state index in [4.69, 9.17) is 0 Å². The number of halogens is 4. The van der Waals surface area contributed by atoms with Gasteiger partial charge in [0.2, 0.25) is 0 Å². The van der Waals surface area contributed by atoms with Crippen molar-refractivity contribution in [1.82, 2.24) is 9.55 Å². The van der Waals surface area contributed by atoms with E-state index in [2.05, 4.69) is 11.6 Å². The van der Waals surface area contributed by atoms with E-state index in [0.29, 0.717) is 0 Å². The predicted octanol–water partition coefficient (Wildman–Crippen LogP) is 3.51. The van der Waals surface area contributed by atoms with Crippen molar-refractivity contribution in [3.05, 3.63) is 60.2 Å². The maximum Gasteiger partial charge on any atom is 0.416 e. The number of benzene rings is 1. The third-order valence-corrected chi connectivity index (χ3v) is 2.67. The average Bonchev–Trinajstić information content (AvgIpc) is 2.85. The van der Waals surface area contributed by atoms with Crippen LogP contribution in [0.15, 0.2) is 43.2 Å². The maximum atomic E-state index is 12.6. The van der Waals surface area contributed by atoms with Gasteiger partial charge in [0, 0.05) is 18.6 Å². The molecular weight excluding hydrogens is 293 g/mol. The molecule has 0 saturated heterocycles. The zero-order valence-electron chi connectivity index (χ0n) is 10.2. The molecule has 3 nitrogen and oxygen atoms in total. The van der Waals surface area contributed by atoms with E-state index in [0.717, 1.165) is 12.1 Å². The fourth-order valence-corrected chi connectivity index (χ4v) is 1.72. The summed E-state index contributed by atoms with van der Waals surface area (Å²) in [6.07, 6.45) is -1.27. The summed E-state index contributed by atoms with van der Waals surface area (Å²) in [5, 5.41) is 10.1. The largest absolute Gasteiger partial charge is 0.416 e. The highest BCUT2D eigenvalue weighted by molar-refractivity contribution is 5.85. The molecule has 0 radical (unpaired) electrons. The maximum absolute atomic E-state index is 12.6. The second kappa shape index (κ2) is 6.11. The molecule has 1 N–H and O–H groups in total. The van der Waals surface area contributed by atoms with Crippen LogP contribution in [0.2, 0.25) is 0 Å². The molecule has 0 aliphatic heterocycles. The molecule has 1 unspecified atom stereocenters. The van der Waals surface area contributed by atoms with Crippen molar-refractivity contribution in [1.29, 1.82) is 0 Å². The summed E-state index contributed by atoms with van der Waals surface area (Å²) < 4.78 is 39.3. The monoisotopic (exact) mass is 304 g/mol. The van der Waals surface area contributed by atoms with Crippen molar-refractivity contribution in [2.24, 2.45) is 0 Å². The van der Waals surface area contributed by atoms with Gasteiger partial charge in [-0.2, -0.15) is 13.2 Å². The third-order valence-electron chi connectivity index (χ3n) is 2.67. The molecule has 0 aliphatic carbocycles. The smallest absolute Gasteiger partial charge is 0.380 e. The summed E-state index contributed by atoms with van der Waals surface area (Å²) >= 11 is 0. The molecule has 1 aromatic heterocycles. The number of nitrogens with zero attached hydrogens (tertiary/aromatic N) is 2. The number of rotatable bonds is 3. The van der Waals surface area contributed by atoms with Crippen molar-refractivity contribution in [3.63, 3.8) is 0 Å². The van der Waals surface area contributed by atoms with Crippen LogP contribution in [0.3, 0.4) is 0 Å². The summed E-state index contributed by atoms with van der Waals surface area (Å²) in [5.41, 5.74) is -0.676. The molecule has 7 heteroatoms. The molecule has 1 atom stereocenters. The van der Waals surface area contributed by atoms with E-state index in [1.807, 2.05) is 0 Å². The van der Waals surface area contributed by atoms with Crippen LogP contribution in [0.5, 0.6) is 0 Å². The third kappa shape index (κ3) is 3.20. The van der Waals surface area contributed by atoms with Gasteiger partial charge in [-0.15, -0.1) is 12.4 Å². The number of aliphatic hydroxyl groups excluding tert-OH is 1. The first-order chi connectivity index (χ1) is 8.93. The van der Waals surface area contributed by atoms with E-state index in [-0.39, 0.29) is 23.8 Å². The van der Waals surface area contributed by atoms with Crippen molar-refractivity contribution < 1.29 is 18.3 Å². The first-order valence-corrected chi connectivity index (χ1v) is 5.44. The van der Waals surface area contributed by atoms with Crippen LogP contribution in [0.25, 0.3) is 6.20 Å². The van der Waals surface area contributed by atoms with Gasteiger partial charge in [-0.3, -0.25) is 0 Å². The van der Waals surface area contributed by atoms with E-state index in [9.17, 15) is 18.3 Å². The molecule has 0 fully saturated rings. The summed E-state index contributed by atoms with van der Waals surface area (Å²) in [6.45, 7) is 3.53. The van der Waals surface area contributed by atoms with E-state index in [1.165, 1.54) is 29.1 Å². The Bertz CT molecular complexity index is 595. The molecule has 0 bridgehead atoms. The Balaban J connectivity index is 0.00000200. The van der Waals surface area contributed by atoms with E-state index in [1.54, 1.807) is 6.20 Å². The quantitative estimate of drug-likeness (QED) is 0.942. The fraction of sp³-hybridized carbons (Fsp3) is 0.154. The molecule has 2 rings (SSSR count). The molecule has 20 heavy (non-hydrogen) atoms. The minimum Gasteiger partial charge on any atom is -0.380 e. The summed E-state index contributed by atoms with van der Waals surface area (Å²) in [6, 6.07) is 4.54. The lowest BCUT2D eigenvalue weighted by Gasteiger charge is -2.13. The van der Waals surface area contributed by atoms with Gasteiger partial charge in [-0.05, 0) is 17.7 Å². The Kier molecular flexibility index (Phi) is 4.97. The summed E-state index contributed by atoms with van der Waals surface area (Å²) in [5.74, 6) is 0.217. The second-order valence-electron chi connectivity index (χ2n) is 3.90. The van der Waals surface area contributed by atoms with Crippen LogP contribution >= 0.6 is 12.4 Å². The van der Waals surface area contributed by atoms with Gasteiger partial charge in [-0.1, -0.05) is 18.7 Å². The van der Waals surface area contributed by atoms with Gasteiger partial charge in [0.05, 0.1) is 5.56 Å². The normalized spacial score (nSPS) is 12.6. The number of aromatic nitrogens is 2. The van der Waals surface area contributed by atoms with Gasteiger partial charge < -0.3 is 9.67 Å². The lowest BCUT2D eigenvalue weighted by molar-refractivity contribution is -0.137. The first-order valence-electron chi connectivity index (χ1n) is 5.44. The Labute approximate surface area is 119 Å². The average molecular weight is 305 g/mol. The highest BCUT2D eigenvalue weighted by Crippen LogP contribution is 2.31. The summed E-state index contributed by atoms with van der Waals surface area (Å²) in [7, 11) is 0. The SMILES string of the molecule is C=Cn1ccnc1C(O)c1cccc(C(F)(F)F)c1.Cl. The van der Waals surface area contributed by atoms with Crippen molar-refractivity contribution in [2.75, 3.05) is 0 Å². The molecule has 0 saturated carbocycles. The molecule has 0 amide bonds. The van der Waals surface area contributed by atoms with Crippen molar-refractivity contribution in [3.8, 4) is 0 Å². The molecule has 108 valence electrons. The van der Waals surface area contributed by atoms with Crippen LogP contribution in [0, 0.1) is 0 Å². The summed E-state index contributed by atoms with van der Waals surface area (Å²) in [4.78, 5) is 3.92. The van der Waals surface area contributed by atoms with Crippen molar-refractivity contribution in [2.45, 2.75) is 12.3 Å². The topological polar surface area (TPSA) is 38.0 Å². The minimum atomic E-state index is -4.44. The fourth-order valence-electron chi connectivity index (χ4n) is 1.72. The van der Waals surface area contributed by atoms with Gasteiger partial charge in [-0.25, -0.2) is 4.98 Å². The second-order valence-corrected chi connectivity index (χ2v) is 3.90. The van der Waals surface area contributed by atoms with Gasteiger partial charge in [0.15, 0.2) is 0 Å². The van der Waals surface area contributed by atoms with Crippen LogP contribution in [0.4, 0.5) is 13.2 Å². The molecular formula is C13H12ClF3N2O. The van der Waals surface area contributed by atoms with E-state index < -0.39 is 17.8 Å². The standard InChI is InChI=1S/C13H11F3N2O.ClH/c1-2-18-7-6-17-12(18)11(19)9-4-3-5-10(8-9)13(14,15)16;/h2-8,11,19H,1H2;1H. The van der Waals surface area contributed by atoms with Gasteiger partial charge in [0.25, 0.3) is 0 Å². The molecule has 0 aliphatic rings. The van der Waals surface area contributed by atoms with Crippen LogP contribution in [-0.2, 0) is 6.18 Å². The van der Waals surface area contributed by atoms with Crippen LogP contribution < -0.4 is 0 Å². The number of alkyl halides is 3. The number of hydrogen-bond acceptors (Lipinski definition) is 2. The Hall–Kier alpha value is -1.79. The molecule has 1 aromatic carbocycles. The first kappa shape index (κ1) is 16.3. The van der Waals surface area contributed by atoms with E-state index >= 15 is 0 Å². The minimum absolute atomic E-state index is 0. The Morgan fingerprint density at radius 2 is 2.05 bits per heavy atom. The zero-order chi connectivity index (χ0) is 14.0. The number of imidazole rings is 1. The molecule has 1 heterocycles. The number of aliphatic hydroxyl groups is 1. The predicted molar refractivity (Wildman–Crippen MR) is 71.4 cm³/mol. The zero-order valence-corrected chi connectivity index (χ0v) is 11.0. The Morgan fingerprint density at radius 3 is 2.65 bits per heavy atom. The van der Waals surface area contributed by atoms with Gasteiger partial charge in [0.1, 0.15) is 11.9 Å². The number of hydrogen-bond donors (Lipinski definition) is 1.